The van der Waals surface area contributed by atoms with Crippen LogP contribution in [0.5, 0.6) is 0 Å². The molecule has 0 bridgehead atoms. The Kier molecular flexibility index (Phi) is 6.09. The number of carbonyl (C=O) groups excluding carboxylic acids is 2. The quantitative estimate of drug-likeness (QED) is 0.857. The highest BCUT2D eigenvalue weighted by atomic mass is 16.2. The Balaban J connectivity index is 1.97. The Morgan fingerprint density at radius 1 is 1.12 bits per heavy atom. The Morgan fingerprint density at radius 2 is 1.88 bits per heavy atom. The van der Waals surface area contributed by atoms with E-state index in [2.05, 4.69) is 16.7 Å². The van der Waals surface area contributed by atoms with Crippen LogP contribution in [0, 0.1) is 11.3 Å². The van der Waals surface area contributed by atoms with Crippen molar-refractivity contribution in [2.75, 3.05) is 0 Å². The van der Waals surface area contributed by atoms with Crippen LogP contribution in [0.25, 0.3) is 0 Å². The average Bonchev–Trinajstić information content (AvgIpc) is 2.60. The minimum absolute atomic E-state index is 0.154. The number of amides is 2. The third-order valence-electron chi connectivity index (χ3n) is 3.51. The van der Waals surface area contributed by atoms with Gasteiger partial charge in [-0.3, -0.25) is 9.59 Å². The highest BCUT2D eigenvalue weighted by Gasteiger charge is 2.16. The molecule has 0 radical (unpaired) electrons. The van der Waals surface area contributed by atoms with Crippen molar-refractivity contribution in [2.24, 2.45) is 0 Å². The van der Waals surface area contributed by atoms with Crippen molar-refractivity contribution in [3.05, 3.63) is 71.3 Å². The van der Waals surface area contributed by atoms with Gasteiger partial charge in [0.15, 0.2) is 0 Å². The van der Waals surface area contributed by atoms with Gasteiger partial charge in [-0.1, -0.05) is 42.5 Å². The smallest absolute Gasteiger partial charge is 0.222 e. The highest BCUT2D eigenvalue weighted by Crippen LogP contribution is 2.16. The summed E-state index contributed by atoms with van der Waals surface area (Å²) in [5.74, 6) is -0.349. The number of benzene rings is 2. The first kappa shape index (κ1) is 17.2. The molecule has 1 unspecified atom stereocenters. The maximum atomic E-state index is 12.2. The van der Waals surface area contributed by atoms with Gasteiger partial charge in [-0.25, -0.2) is 0 Å². The lowest BCUT2D eigenvalue weighted by molar-refractivity contribution is -0.122. The van der Waals surface area contributed by atoms with E-state index >= 15 is 0 Å². The number of carbonyl (C=O) groups is 2. The van der Waals surface area contributed by atoms with E-state index in [0.29, 0.717) is 12.1 Å². The third kappa shape index (κ3) is 5.25. The zero-order chi connectivity index (χ0) is 17.4. The van der Waals surface area contributed by atoms with Gasteiger partial charge < -0.3 is 10.6 Å². The molecule has 2 aromatic rings. The van der Waals surface area contributed by atoms with Crippen molar-refractivity contribution in [3.8, 4) is 6.07 Å². The van der Waals surface area contributed by atoms with Crippen molar-refractivity contribution in [1.29, 1.82) is 5.26 Å². The number of hydrogen-bond acceptors (Lipinski definition) is 3. The first-order valence-corrected chi connectivity index (χ1v) is 7.66. The van der Waals surface area contributed by atoms with Crippen LogP contribution in [-0.4, -0.2) is 11.8 Å². The second-order valence-electron chi connectivity index (χ2n) is 5.46. The van der Waals surface area contributed by atoms with E-state index in [1.165, 1.54) is 6.92 Å². The Hall–Kier alpha value is -3.13. The lowest BCUT2D eigenvalue weighted by Crippen LogP contribution is -2.32. The monoisotopic (exact) mass is 321 g/mol. The molecule has 2 rings (SSSR count). The van der Waals surface area contributed by atoms with Crippen LogP contribution in [-0.2, 0) is 16.1 Å². The molecule has 2 aromatic carbocycles. The summed E-state index contributed by atoms with van der Waals surface area (Å²) in [4.78, 5) is 23.6. The molecule has 5 heteroatoms. The van der Waals surface area contributed by atoms with Crippen molar-refractivity contribution in [1.82, 2.24) is 10.6 Å². The van der Waals surface area contributed by atoms with E-state index in [4.69, 9.17) is 5.26 Å². The molecule has 0 aliphatic heterocycles. The number of rotatable bonds is 6. The molecule has 0 aliphatic rings. The fourth-order valence-electron chi connectivity index (χ4n) is 2.39. The van der Waals surface area contributed by atoms with Crippen molar-refractivity contribution in [2.45, 2.75) is 25.9 Å². The van der Waals surface area contributed by atoms with Crippen molar-refractivity contribution >= 4 is 11.8 Å². The first-order chi connectivity index (χ1) is 11.6. The second-order valence-corrected chi connectivity index (χ2v) is 5.46. The van der Waals surface area contributed by atoms with Crippen LogP contribution in [0.2, 0.25) is 0 Å². The highest BCUT2D eigenvalue weighted by molar-refractivity contribution is 5.79. The second kappa shape index (κ2) is 8.49. The molecule has 0 spiro atoms. The molecule has 0 heterocycles. The van der Waals surface area contributed by atoms with E-state index in [-0.39, 0.29) is 24.3 Å². The van der Waals surface area contributed by atoms with E-state index in [1.807, 2.05) is 36.4 Å². The third-order valence-corrected chi connectivity index (χ3v) is 3.51. The maximum Gasteiger partial charge on any atom is 0.222 e. The number of nitrogens with zero attached hydrogens (tertiary/aromatic N) is 1. The predicted octanol–water partition coefficient (Wildman–Crippen LogP) is 2.44. The maximum absolute atomic E-state index is 12.2. The molecule has 0 saturated heterocycles. The van der Waals surface area contributed by atoms with E-state index < -0.39 is 0 Å². The van der Waals surface area contributed by atoms with Gasteiger partial charge in [0.25, 0.3) is 0 Å². The van der Waals surface area contributed by atoms with Gasteiger partial charge in [-0.2, -0.15) is 5.26 Å². The van der Waals surface area contributed by atoms with E-state index in [9.17, 15) is 9.59 Å². The molecular weight excluding hydrogens is 302 g/mol. The van der Waals surface area contributed by atoms with Crippen molar-refractivity contribution < 1.29 is 9.59 Å². The molecule has 0 aromatic heterocycles. The molecule has 5 nitrogen and oxygen atoms in total. The zero-order valence-electron chi connectivity index (χ0n) is 13.5. The van der Waals surface area contributed by atoms with Crippen LogP contribution in [0.4, 0.5) is 0 Å². The van der Waals surface area contributed by atoms with Gasteiger partial charge in [0.1, 0.15) is 0 Å². The lowest BCUT2D eigenvalue weighted by atomic mass is 10.0. The van der Waals surface area contributed by atoms with Gasteiger partial charge in [0.2, 0.25) is 11.8 Å². The molecule has 2 amide bonds. The average molecular weight is 321 g/mol. The molecule has 24 heavy (non-hydrogen) atoms. The minimum atomic E-state index is -0.367. The van der Waals surface area contributed by atoms with Gasteiger partial charge in [-0.05, 0) is 23.3 Å². The largest absolute Gasteiger partial charge is 0.352 e. The Labute approximate surface area is 141 Å². The number of hydrogen-bond donors (Lipinski definition) is 2. The van der Waals surface area contributed by atoms with Gasteiger partial charge in [0.05, 0.1) is 24.1 Å². The summed E-state index contributed by atoms with van der Waals surface area (Å²) < 4.78 is 0. The van der Waals surface area contributed by atoms with Crippen molar-refractivity contribution in [3.63, 3.8) is 0 Å². The molecule has 0 saturated carbocycles. The summed E-state index contributed by atoms with van der Waals surface area (Å²) in [6.07, 6.45) is 0.154. The van der Waals surface area contributed by atoms with E-state index in [1.54, 1.807) is 18.2 Å². The topological polar surface area (TPSA) is 82.0 Å². The Morgan fingerprint density at radius 3 is 2.54 bits per heavy atom. The summed E-state index contributed by atoms with van der Waals surface area (Å²) in [5.41, 5.74) is 2.30. The van der Waals surface area contributed by atoms with E-state index in [0.717, 1.165) is 11.1 Å². The molecular formula is C19H19N3O2. The van der Waals surface area contributed by atoms with Gasteiger partial charge in [-0.15, -0.1) is 0 Å². The molecule has 0 aliphatic carbocycles. The summed E-state index contributed by atoms with van der Waals surface area (Å²) in [6, 6.07) is 18.2. The van der Waals surface area contributed by atoms with Crippen LogP contribution in [0.3, 0.4) is 0 Å². The summed E-state index contributed by atoms with van der Waals surface area (Å²) in [5, 5.41) is 14.5. The molecule has 1 atom stereocenters. The predicted molar refractivity (Wildman–Crippen MR) is 90.6 cm³/mol. The van der Waals surface area contributed by atoms with Crippen LogP contribution < -0.4 is 10.6 Å². The molecule has 0 fully saturated rings. The summed E-state index contributed by atoms with van der Waals surface area (Å²) in [7, 11) is 0. The molecule has 122 valence electrons. The van der Waals surface area contributed by atoms with Crippen LogP contribution in [0.1, 0.15) is 36.1 Å². The number of nitrogens with one attached hydrogen (secondary N) is 2. The van der Waals surface area contributed by atoms with Gasteiger partial charge >= 0.3 is 0 Å². The standard InChI is InChI=1S/C19H19N3O2/c1-14(23)22-18(17-8-3-2-4-9-17)11-19(24)21-13-16-7-5-6-15(10-16)12-20/h2-10,18H,11,13H2,1H3,(H,21,24)(H,22,23). The number of nitriles is 1. The zero-order valence-corrected chi connectivity index (χ0v) is 13.5. The molecule has 2 N–H and O–H groups in total. The summed E-state index contributed by atoms with van der Waals surface area (Å²) >= 11 is 0. The minimum Gasteiger partial charge on any atom is -0.352 e. The summed E-state index contributed by atoms with van der Waals surface area (Å²) in [6.45, 7) is 1.77. The Bertz CT molecular complexity index is 751. The van der Waals surface area contributed by atoms with Crippen LogP contribution >= 0.6 is 0 Å². The first-order valence-electron chi connectivity index (χ1n) is 7.66. The van der Waals surface area contributed by atoms with Gasteiger partial charge in [0, 0.05) is 13.5 Å². The lowest BCUT2D eigenvalue weighted by Gasteiger charge is -2.18. The fraction of sp³-hybridized carbons (Fsp3) is 0.211. The SMILES string of the molecule is CC(=O)NC(CC(=O)NCc1cccc(C#N)c1)c1ccccc1. The normalized spacial score (nSPS) is 11.2. The van der Waals surface area contributed by atoms with Crippen LogP contribution in [0.15, 0.2) is 54.6 Å². The fourth-order valence-corrected chi connectivity index (χ4v) is 2.39.